The molecule has 2 aromatic heterocycles. The summed E-state index contributed by atoms with van der Waals surface area (Å²) in [5.41, 5.74) is 2.44. The average molecular weight is 431 g/mol. The van der Waals surface area contributed by atoms with E-state index in [0.717, 1.165) is 29.5 Å². The minimum Gasteiger partial charge on any atom is -0.480 e. The molecule has 1 N–H and O–H groups in total. The third-order valence-corrected chi connectivity index (χ3v) is 5.32. The predicted molar refractivity (Wildman–Crippen MR) is 123 cm³/mol. The number of amides is 1. The second-order valence-electron chi connectivity index (χ2n) is 7.62. The quantitative estimate of drug-likeness (QED) is 0.337. The van der Waals surface area contributed by atoms with Gasteiger partial charge in [0.05, 0.1) is 6.33 Å². The van der Waals surface area contributed by atoms with Crippen molar-refractivity contribution in [3.05, 3.63) is 83.2 Å². The van der Waals surface area contributed by atoms with Crippen LogP contribution in [0.1, 0.15) is 18.9 Å². The molecule has 0 radical (unpaired) electrons. The van der Waals surface area contributed by atoms with Crippen LogP contribution >= 0.6 is 0 Å². The zero-order chi connectivity index (χ0) is 22.5. The highest BCUT2D eigenvalue weighted by molar-refractivity contribution is 5.95. The first-order chi connectivity index (χ1) is 15.5. The van der Waals surface area contributed by atoms with Gasteiger partial charge in [0.25, 0.3) is 5.91 Å². The molecule has 0 spiro atoms. The molecule has 1 atom stereocenters. The van der Waals surface area contributed by atoms with Crippen molar-refractivity contribution in [3.8, 4) is 16.9 Å². The summed E-state index contributed by atoms with van der Waals surface area (Å²) < 4.78 is 13.4. The third-order valence-electron chi connectivity index (χ3n) is 5.32. The van der Waals surface area contributed by atoms with Crippen molar-refractivity contribution in [1.29, 1.82) is 0 Å². The van der Waals surface area contributed by atoms with E-state index in [2.05, 4.69) is 10.3 Å². The van der Waals surface area contributed by atoms with Gasteiger partial charge in [-0.15, -0.1) is 0 Å². The van der Waals surface area contributed by atoms with Gasteiger partial charge >= 0.3 is 5.63 Å². The molecule has 0 bridgehead atoms. The number of fused-ring (bicyclic) bond motifs is 1. The van der Waals surface area contributed by atoms with Crippen LogP contribution in [0.4, 0.5) is 0 Å². The van der Waals surface area contributed by atoms with Crippen molar-refractivity contribution in [3.63, 3.8) is 0 Å². The van der Waals surface area contributed by atoms with Crippen LogP contribution in [0.2, 0.25) is 0 Å². The van der Waals surface area contributed by atoms with Gasteiger partial charge in [-0.05, 0) is 43.5 Å². The number of aromatic nitrogens is 2. The Hall–Kier alpha value is -3.87. The number of hydrogen-bond donors (Lipinski definition) is 1. The van der Waals surface area contributed by atoms with Crippen molar-refractivity contribution >= 4 is 16.9 Å². The van der Waals surface area contributed by atoms with Crippen LogP contribution in [0.15, 0.2) is 76.5 Å². The Morgan fingerprint density at radius 1 is 1.22 bits per heavy atom. The van der Waals surface area contributed by atoms with Gasteiger partial charge in [0.2, 0.25) is 0 Å². The van der Waals surface area contributed by atoms with E-state index in [4.69, 9.17) is 9.15 Å². The molecule has 0 aliphatic rings. The second-order valence-corrected chi connectivity index (χ2v) is 7.62. The van der Waals surface area contributed by atoms with Gasteiger partial charge in [0.15, 0.2) is 6.10 Å². The van der Waals surface area contributed by atoms with Crippen LogP contribution in [-0.4, -0.2) is 28.1 Å². The Balaban J connectivity index is 1.48. The summed E-state index contributed by atoms with van der Waals surface area (Å²) in [4.78, 5) is 28.7. The Morgan fingerprint density at radius 3 is 2.78 bits per heavy atom. The molecule has 4 aromatic rings. The smallest absolute Gasteiger partial charge is 0.336 e. The average Bonchev–Trinajstić information content (AvgIpc) is 3.32. The highest BCUT2D eigenvalue weighted by atomic mass is 16.5. The number of carbonyl (C=O) groups excluding carboxylic acids is 1. The number of imidazole rings is 1. The lowest BCUT2D eigenvalue weighted by molar-refractivity contribution is -0.127. The molecule has 0 saturated carbocycles. The molecule has 0 aliphatic heterocycles. The number of aryl methyl sites for hydroxylation is 2. The number of nitrogens with zero attached hydrogens (tertiary/aromatic N) is 2. The largest absolute Gasteiger partial charge is 0.480 e. The summed E-state index contributed by atoms with van der Waals surface area (Å²) in [6, 6.07) is 14.9. The fraction of sp³-hybridized carbons (Fsp3) is 0.240. The standard InChI is InChI=1S/C25H25N3O4/c1-17-22(31-18(2)25(30)27-11-6-13-28-14-12-26-16-28)10-9-20-21(15-23(29)32-24(17)20)19-7-4-3-5-8-19/h3-5,7-10,12,14-16,18H,6,11,13H2,1-2H3,(H,27,30). The highest BCUT2D eigenvalue weighted by Gasteiger charge is 2.18. The van der Waals surface area contributed by atoms with Crippen LogP contribution in [0.3, 0.4) is 0 Å². The molecule has 2 aromatic carbocycles. The lowest BCUT2D eigenvalue weighted by atomic mass is 10.00. The first-order valence-electron chi connectivity index (χ1n) is 10.6. The van der Waals surface area contributed by atoms with Crippen LogP contribution < -0.4 is 15.7 Å². The van der Waals surface area contributed by atoms with Gasteiger partial charge in [0, 0.05) is 42.5 Å². The molecule has 32 heavy (non-hydrogen) atoms. The van der Waals surface area contributed by atoms with Gasteiger partial charge in [-0.25, -0.2) is 9.78 Å². The van der Waals surface area contributed by atoms with Gasteiger partial charge in [-0.1, -0.05) is 30.3 Å². The van der Waals surface area contributed by atoms with Crippen LogP contribution in [-0.2, 0) is 11.3 Å². The fourth-order valence-electron chi connectivity index (χ4n) is 3.61. The number of hydrogen-bond acceptors (Lipinski definition) is 5. The molecular weight excluding hydrogens is 406 g/mol. The van der Waals surface area contributed by atoms with E-state index in [1.165, 1.54) is 6.07 Å². The summed E-state index contributed by atoms with van der Waals surface area (Å²) in [5, 5.41) is 3.71. The number of nitrogens with one attached hydrogen (secondary N) is 1. The molecule has 0 saturated heterocycles. The number of ether oxygens (including phenoxy) is 1. The monoisotopic (exact) mass is 431 g/mol. The molecular formula is C25H25N3O4. The normalized spacial score (nSPS) is 11.9. The van der Waals surface area contributed by atoms with E-state index in [0.29, 0.717) is 23.4 Å². The SMILES string of the molecule is Cc1c(OC(C)C(=O)NCCCn2ccnc2)ccc2c(-c3ccccc3)cc(=O)oc12. The minimum atomic E-state index is -0.691. The summed E-state index contributed by atoms with van der Waals surface area (Å²) in [6.45, 7) is 4.84. The molecule has 1 unspecified atom stereocenters. The molecule has 4 rings (SSSR count). The van der Waals surface area contributed by atoms with Crippen molar-refractivity contribution in [2.24, 2.45) is 0 Å². The fourth-order valence-corrected chi connectivity index (χ4v) is 3.61. The summed E-state index contributed by atoms with van der Waals surface area (Å²) in [6.07, 6.45) is 5.46. The van der Waals surface area contributed by atoms with Gasteiger partial charge in [-0.3, -0.25) is 4.79 Å². The summed E-state index contributed by atoms with van der Waals surface area (Å²) in [5.74, 6) is 0.307. The van der Waals surface area contributed by atoms with Crippen LogP contribution in [0.5, 0.6) is 5.75 Å². The molecule has 1 amide bonds. The molecule has 0 aliphatic carbocycles. The lowest BCUT2D eigenvalue weighted by Gasteiger charge is -2.17. The van der Waals surface area contributed by atoms with E-state index in [1.54, 1.807) is 19.4 Å². The van der Waals surface area contributed by atoms with E-state index in [-0.39, 0.29) is 5.91 Å². The molecule has 0 fully saturated rings. The Bertz CT molecular complexity index is 1260. The van der Waals surface area contributed by atoms with Crippen molar-refractivity contribution < 1.29 is 13.9 Å². The third kappa shape index (κ3) is 4.72. The minimum absolute atomic E-state index is 0.199. The summed E-state index contributed by atoms with van der Waals surface area (Å²) in [7, 11) is 0. The van der Waals surface area contributed by atoms with Crippen LogP contribution in [0.25, 0.3) is 22.1 Å². The van der Waals surface area contributed by atoms with Crippen LogP contribution in [0, 0.1) is 6.92 Å². The van der Waals surface area contributed by atoms with E-state index in [9.17, 15) is 9.59 Å². The zero-order valence-corrected chi connectivity index (χ0v) is 18.1. The van der Waals surface area contributed by atoms with Gasteiger partial charge in [0.1, 0.15) is 11.3 Å². The van der Waals surface area contributed by atoms with E-state index in [1.807, 2.05) is 60.2 Å². The maximum atomic E-state index is 12.4. The number of benzene rings is 2. The Kier molecular flexibility index (Phi) is 6.35. The molecule has 164 valence electrons. The van der Waals surface area contributed by atoms with Crippen molar-refractivity contribution in [2.75, 3.05) is 6.54 Å². The number of rotatable bonds is 8. The molecule has 7 nitrogen and oxygen atoms in total. The maximum Gasteiger partial charge on any atom is 0.336 e. The summed E-state index contributed by atoms with van der Waals surface area (Å²) >= 11 is 0. The maximum absolute atomic E-state index is 12.4. The van der Waals surface area contributed by atoms with Crippen molar-refractivity contribution in [1.82, 2.24) is 14.9 Å². The zero-order valence-electron chi connectivity index (χ0n) is 18.1. The predicted octanol–water partition coefficient (Wildman–Crippen LogP) is 3.94. The van der Waals surface area contributed by atoms with Gasteiger partial charge < -0.3 is 19.0 Å². The van der Waals surface area contributed by atoms with E-state index < -0.39 is 11.7 Å². The van der Waals surface area contributed by atoms with Gasteiger partial charge in [-0.2, -0.15) is 0 Å². The molecule has 2 heterocycles. The lowest BCUT2D eigenvalue weighted by Crippen LogP contribution is -2.37. The van der Waals surface area contributed by atoms with Crippen molar-refractivity contribution in [2.45, 2.75) is 32.9 Å². The second kappa shape index (κ2) is 9.51. The molecule has 7 heteroatoms. The first kappa shape index (κ1) is 21.4. The Morgan fingerprint density at radius 2 is 2.03 bits per heavy atom. The number of carbonyl (C=O) groups is 1. The highest BCUT2D eigenvalue weighted by Crippen LogP contribution is 2.33. The first-order valence-corrected chi connectivity index (χ1v) is 10.6. The topological polar surface area (TPSA) is 86.4 Å². The Labute approximate surface area is 185 Å². The van der Waals surface area contributed by atoms with E-state index >= 15 is 0 Å².